The summed E-state index contributed by atoms with van der Waals surface area (Å²) in [6.45, 7) is 9.46. The topological polar surface area (TPSA) is 101 Å². The van der Waals surface area contributed by atoms with Crippen molar-refractivity contribution >= 4 is 29.9 Å². The average Bonchev–Trinajstić information content (AvgIpc) is 3.18. The van der Waals surface area contributed by atoms with Crippen molar-refractivity contribution in [3.63, 3.8) is 0 Å². The summed E-state index contributed by atoms with van der Waals surface area (Å²) in [5.74, 6) is 3.13. The third-order valence-corrected chi connectivity index (χ3v) is 4.26. The van der Waals surface area contributed by atoms with E-state index >= 15 is 0 Å². The summed E-state index contributed by atoms with van der Waals surface area (Å²) in [4.78, 5) is 8.78. The molecule has 0 aliphatic heterocycles. The second-order valence-corrected chi connectivity index (χ2v) is 7.57. The van der Waals surface area contributed by atoms with Crippen molar-refractivity contribution in [3.05, 3.63) is 41.6 Å². The zero-order valence-corrected chi connectivity index (χ0v) is 20.8. The molecule has 0 saturated carbocycles. The van der Waals surface area contributed by atoms with Gasteiger partial charge < -0.3 is 29.6 Å². The van der Waals surface area contributed by atoms with Crippen LogP contribution in [0, 0.1) is 0 Å². The number of oxazole rings is 1. The van der Waals surface area contributed by atoms with Crippen molar-refractivity contribution in [3.8, 4) is 11.5 Å². The number of aliphatic hydroxyl groups excluding tert-OH is 1. The molecule has 0 aliphatic rings. The molecule has 1 aromatic heterocycles. The molecule has 1 unspecified atom stereocenters. The van der Waals surface area contributed by atoms with Crippen molar-refractivity contribution in [2.24, 2.45) is 4.99 Å². The minimum atomic E-state index is -0.743. The molecule has 1 heterocycles. The Morgan fingerprint density at radius 1 is 1.20 bits per heavy atom. The lowest BCUT2D eigenvalue weighted by Gasteiger charge is -2.17. The van der Waals surface area contributed by atoms with Crippen molar-refractivity contribution in [1.29, 1.82) is 0 Å². The zero-order chi connectivity index (χ0) is 21.4. The second-order valence-electron chi connectivity index (χ2n) is 7.57. The molecule has 8 nitrogen and oxygen atoms in total. The Morgan fingerprint density at radius 3 is 2.47 bits per heavy atom. The smallest absolute Gasteiger partial charge is 0.216 e. The average molecular weight is 532 g/mol. The molecule has 30 heavy (non-hydrogen) atoms. The van der Waals surface area contributed by atoms with Crippen molar-refractivity contribution in [2.45, 2.75) is 45.8 Å². The first-order valence-electron chi connectivity index (χ1n) is 9.65. The lowest BCUT2D eigenvalue weighted by Crippen LogP contribution is -2.39. The Bertz CT molecular complexity index is 818. The Hall–Kier alpha value is -2.01. The van der Waals surface area contributed by atoms with Gasteiger partial charge in [0, 0.05) is 18.5 Å². The van der Waals surface area contributed by atoms with Crippen LogP contribution in [-0.4, -0.2) is 43.4 Å². The number of hydrogen-bond donors (Lipinski definition) is 3. The normalized spacial score (nSPS) is 12.7. The van der Waals surface area contributed by atoms with Gasteiger partial charge in [-0.25, -0.2) is 9.98 Å². The van der Waals surface area contributed by atoms with E-state index in [1.165, 1.54) is 0 Å². The SMILES string of the molecule is CCNC(=NCc1ncc(C(C)(C)C)o1)NCC(O)c1ccc(OC)c(OC)c1.I. The van der Waals surface area contributed by atoms with Crippen molar-refractivity contribution in [2.75, 3.05) is 27.3 Å². The molecule has 9 heteroatoms. The third-order valence-electron chi connectivity index (χ3n) is 4.26. The maximum absolute atomic E-state index is 10.5. The Balaban J connectivity index is 0.00000450. The first-order chi connectivity index (χ1) is 13.8. The Labute approximate surface area is 195 Å². The van der Waals surface area contributed by atoms with Gasteiger partial charge in [-0.15, -0.1) is 24.0 Å². The van der Waals surface area contributed by atoms with Crippen LogP contribution in [0.1, 0.15) is 51.0 Å². The van der Waals surface area contributed by atoms with E-state index in [-0.39, 0.29) is 35.9 Å². The van der Waals surface area contributed by atoms with E-state index in [0.29, 0.717) is 42.0 Å². The Kier molecular flexibility index (Phi) is 10.4. The third kappa shape index (κ3) is 7.35. The number of rotatable bonds is 8. The largest absolute Gasteiger partial charge is 0.493 e. The minimum Gasteiger partial charge on any atom is -0.493 e. The van der Waals surface area contributed by atoms with Crippen LogP contribution in [0.4, 0.5) is 0 Å². The Morgan fingerprint density at radius 2 is 1.90 bits per heavy atom. The molecule has 0 radical (unpaired) electrons. The molecule has 0 spiro atoms. The van der Waals surface area contributed by atoms with Gasteiger partial charge in [0.05, 0.1) is 26.5 Å². The van der Waals surface area contributed by atoms with Gasteiger partial charge in [0.1, 0.15) is 12.3 Å². The van der Waals surface area contributed by atoms with Crippen LogP contribution in [0.3, 0.4) is 0 Å². The highest BCUT2D eigenvalue weighted by Crippen LogP contribution is 2.29. The highest BCUT2D eigenvalue weighted by atomic mass is 127. The van der Waals surface area contributed by atoms with Crippen LogP contribution in [0.2, 0.25) is 0 Å². The van der Waals surface area contributed by atoms with Gasteiger partial charge in [-0.05, 0) is 24.6 Å². The minimum absolute atomic E-state index is 0. The summed E-state index contributed by atoms with van der Waals surface area (Å²) in [5, 5.41) is 16.8. The molecule has 2 rings (SSSR count). The summed E-state index contributed by atoms with van der Waals surface area (Å²) >= 11 is 0. The summed E-state index contributed by atoms with van der Waals surface area (Å²) in [6.07, 6.45) is 0.999. The maximum Gasteiger partial charge on any atom is 0.216 e. The van der Waals surface area contributed by atoms with Gasteiger partial charge in [0.15, 0.2) is 17.5 Å². The quantitative estimate of drug-likeness (QED) is 0.272. The highest BCUT2D eigenvalue weighted by molar-refractivity contribution is 14.0. The van der Waals surface area contributed by atoms with Gasteiger partial charge in [-0.2, -0.15) is 0 Å². The molecule has 0 aliphatic carbocycles. The molecule has 0 fully saturated rings. The maximum atomic E-state index is 10.5. The first kappa shape index (κ1) is 26.0. The monoisotopic (exact) mass is 532 g/mol. The van der Waals surface area contributed by atoms with Gasteiger partial charge in [0.25, 0.3) is 0 Å². The number of methoxy groups -OCH3 is 2. The van der Waals surface area contributed by atoms with Crippen LogP contribution in [0.5, 0.6) is 11.5 Å². The van der Waals surface area contributed by atoms with Crippen LogP contribution in [-0.2, 0) is 12.0 Å². The fourth-order valence-electron chi connectivity index (χ4n) is 2.59. The van der Waals surface area contributed by atoms with E-state index in [0.717, 1.165) is 5.76 Å². The number of guanidine groups is 1. The van der Waals surface area contributed by atoms with E-state index in [2.05, 4.69) is 41.4 Å². The van der Waals surface area contributed by atoms with Gasteiger partial charge in [-0.3, -0.25) is 0 Å². The summed E-state index contributed by atoms with van der Waals surface area (Å²) in [5.41, 5.74) is 0.620. The number of nitrogens with zero attached hydrogens (tertiary/aromatic N) is 2. The molecular formula is C21H33IN4O4. The number of hydrogen-bond acceptors (Lipinski definition) is 6. The molecule has 0 amide bonds. The van der Waals surface area contributed by atoms with Crippen molar-refractivity contribution in [1.82, 2.24) is 15.6 Å². The number of aliphatic imine (C=N–C) groups is 1. The van der Waals surface area contributed by atoms with Crippen molar-refractivity contribution < 1.29 is 19.0 Å². The van der Waals surface area contributed by atoms with E-state index in [9.17, 15) is 5.11 Å². The van der Waals surface area contributed by atoms with Crippen LogP contribution >= 0.6 is 24.0 Å². The standard InChI is InChI=1S/C21H32N4O4.HI/c1-7-22-20(25-13-19-23-12-18(29-19)21(2,3)4)24-11-15(26)14-8-9-16(27-5)17(10-14)28-6;/h8-10,12,15,26H,7,11,13H2,1-6H3,(H2,22,24,25);1H. The fraction of sp³-hybridized carbons (Fsp3) is 0.524. The molecule has 1 aromatic carbocycles. The van der Waals surface area contributed by atoms with E-state index < -0.39 is 6.10 Å². The van der Waals surface area contributed by atoms with Gasteiger partial charge in [0.2, 0.25) is 5.89 Å². The number of aliphatic hydroxyl groups is 1. The van der Waals surface area contributed by atoms with E-state index in [1.54, 1.807) is 38.6 Å². The summed E-state index contributed by atoms with van der Waals surface area (Å²) in [7, 11) is 3.14. The fourth-order valence-corrected chi connectivity index (χ4v) is 2.59. The van der Waals surface area contributed by atoms with Gasteiger partial charge in [-0.1, -0.05) is 26.8 Å². The molecule has 1 atom stereocenters. The molecule has 168 valence electrons. The van der Waals surface area contributed by atoms with Crippen LogP contribution in [0.25, 0.3) is 0 Å². The second kappa shape index (κ2) is 12.0. The molecule has 3 N–H and O–H groups in total. The number of benzene rings is 1. The number of aromatic nitrogens is 1. The van der Waals surface area contributed by atoms with Crippen LogP contribution in [0.15, 0.2) is 33.8 Å². The lowest BCUT2D eigenvalue weighted by molar-refractivity contribution is 0.180. The molecular weight excluding hydrogens is 499 g/mol. The summed E-state index contributed by atoms with van der Waals surface area (Å²) in [6, 6.07) is 5.33. The molecule has 0 bridgehead atoms. The summed E-state index contributed by atoms with van der Waals surface area (Å²) < 4.78 is 16.3. The zero-order valence-electron chi connectivity index (χ0n) is 18.5. The van der Waals surface area contributed by atoms with E-state index in [4.69, 9.17) is 13.9 Å². The van der Waals surface area contributed by atoms with Gasteiger partial charge >= 0.3 is 0 Å². The number of ether oxygens (including phenoxy) is 2. The highest BCUT2D eigenvalue weighted by Gasteiger charge is 2.19. The predicted octanol–water partition coefficient (Wildman–Crippen LogP) is 3.40. The molecule has 0 saturated heterocycles. The van der Waals surface area contributed by atoms with Crippen LogP contribution < -0.4 is 20.1 Å². The number of halogens is 1. The molecule has 2 aromatic rings. The predicted molar refractivity (Wildman–Crippen MR) is 128 cm³/mol. The first-order valence-corrected chi connectivity index (χ1v) is 9.65. The number of nitrogens with one attached hydrogen (secondary N) is 2. The van der Waals surface area contributed by atoms with E-state index in [1.807, 2.05) is 6.92 Å². The lowest BCUT2D eigenvalue weighted by atomic mass is 9.94.